The van der Waals surface area contributed by atoms with Gasteiger partial charge in [-0.15, -0.1) is 11.8 Å². The van der Waals surface area contributed by atoms with Gasteiger partial charge >= 0.3 is 11.9 Å². The van der Waals surface area contributed by atoms with E-state index in [1.165, 1.54) is 0 Å². The Hall–Kier alpha value is -1.56. The van der Waals surface area contributed by atoms with Gasteiger partial charge in [-0.3, -0.25) is 4.79 Å². The highest BCUT2D eigenvalue weighted by molar-refractivity contribution is 8.00. The lowest BCUT2D eigenvalue weighted by atomic mass is 10.2. The molecule has 1 aromatic rings. The van der Waals surface area contributed by atoms with Crippen LogP contribution in [0.4, 0.5) is 4.39 Å². The van der Waals surface area contributed by atoms with Crippen LogP contribution in [0.2, 0.25) is 0 Å². The third-order valence-corrected chi connectivity index (χ3v) is 3.56. The molecule has 0 saturated heterocycles. The molecule has 1 unspecified atom stereocenters. The highest BCUT2D eigenvalue weighted by atomic mass is 32.2. The van der Waals surface area contributed by atoms with Crippen LogP contribution in [0, 0.1) is 5.82 Å². The molecule has 18 heavy (non-hydrogen) atoms. The molecule has 6 heteroatoms. The second kappa shape index (κ2) is 6.39. The van der Waals surface area contributed by atoms with Crippen molar-refractivity contribution in [1.29, 1.82) is 0 Å². The van der Waals surface area contributed by atoms with Crippen LogP contribution < -0.4 is 0 Å². The van der Waals surface area contributed by atoms with Gasteiger partial charge in [0.25, 0.3) is 0 Å². The van der Waals surface area contributed by atoms with Gasteiger partial charge in [0.1, 0.15) is 11.1 Å². The van der Waals surface area contributed by atoms with E-state index >= 15 is 0 Å². The summed E-state index contributed by atoms with van der Waals surface area (Å²) in [5, 5.41) is 17.0. The van der Waals surface area contributed by atoms with Crippen LogP contribution in [0.3, 0.4) is 0 Å². The molecule has 0 amide bonds. The fraction of sp³-hybridized carbons (Fsp3) is 0.333. The van der Waals surface area contributed by atoms with Crippen molar-refractivity contribution in [2.24, 2.45) is 0 Å². The second-order valence-electron chi connectivity index (χ2n) is 3.68. The van der Waals surface area contributed by atoms with Crippen molar-refractivity contribution in [3.8, 4) is 0 Å². The van der Waals surface area contributed by atoms with Gasteiger partial charge in [0.15, 0.2) is 0 Å². The van der Waals surface area contributed by atoms with E-state index in [9.17, 15) is 14.0 Å². The summed E-state index contributed by atoms with van der Waals surface area (Å²) < 4.78 is 13.5. The molecule has 0 fully saturated rings. The van der Waals surface area contributed by atoms with E-state index in [1.54, 1.807) is 0 Å². The Bertz CT molecular complexity index is 461. The number of aliphatic carboxylic acids is 1. The van der Waals surface area contributed by atoms with Crippen molar-refractivity contribution in [2.75, 3.05) is 0 Å². The molecule has 0 bridgehead atoms. The van der Waals surface area contributed by atoms with Crippen molar-refractivity contribution in [3.05, 3.63) is 29.6 Å². The van der Waals surface area contributed by atoms with E-state index in [1.807, 2.05) is 6.92 Å². The Balaban J connectivity index is 2.97. The summed E-state index contributed by atoms with van der Waals surface area (Å²) in [6.45, 7) is 1.83. The first kappa shape index (κ1) is 14.5. The van der Waals surface area contributed by atoms with Crippen LogP contribution in [0.5, 0.6) is 0 Å². The summed E-state index contributed by atoms with van der Waals surface area (Å²) in [7, 11) is 0. The zero-order valence-corrected chi connectivity index (χ0v) is 10.5. The number of halogens is 1. The molecule has 4 nitrogen and oxygen atoms in total. The molecule has 98 valence electrons. The van der Waals surface area contributed by atoms with Crippen molar-refractivity contribution >= 4 is 23.7 Å². The minimum absolute atomic E-state index is 0.0516. The average Bonchev–Trinajstić information content (AvgIpc) is 2.30. The first-order chi connectivity index (χ1) is 8.45. The predicted molar refractivity (Wildman–Crippen MR) is 65.5 cm³/mol. The van der Waals surface area contributed by atoms with Crippen LogP contribution in [0.25, 0.3) is 0 Å². The van der Waals surface area contributed by atoms with E-state index in [4.69, 9.17) is 10.2 Å². The van der Waals surface area contributed by atoms with Gasteiger partial charge in [-0.25, -0.2) is 9.18 Å². The van der Waals surface area contributed by atoms with Crippen LogP contribution in [0.15, 0.2) is 23.1 Å². The van der Waals surface area contributed by atoms with Crippen LogP contribution in [0.1, 0.15) is 30.1 Å². The molecular formula is C12H13FO4S. The number of carboxylic acid groups (broad SMARTS) is 2. The first-order valence-electron chi connectivity index (χ1n) is 5.38. The third-order valence-electron chi connectivity index (χ3n) is 2.27. The minimum Gasteiger partial charge on any atom is -0.480 e. The van der Waals surface area contributed by atoms with Gasteiger partial charge in [-0.2, -0.15) is 0 Å². The number of rotatable bonds is 6. The summed E-state index contributed by atoms with van der Waals surface area (Å²) in [5.74, 6) is -2.80. The van der Waals surface area contributed by atoms with E-state index < -0.39 is 23.0 Å². The number of benzene rings is 1. The van der Waals surface area contributed by atoms with Crippen molar-refractivity contribution < 1.29 is 24.2 Å². The van der Waals surface area contributed by atoms with Crippen molar-refractivity contribution in [3.63, 3.8) is 0 Å². The molecule has 0 radical (unpaired) electrons. The zero-order valence-electron chi connectivity index (χ0n) is 9.72. The molecular weight excluding hydrogens is 259 g/mol. The van der Waals surface area contributed by atoms with E-state index in [0.717, 1.165) is 30.0 Å². The number of carbonyl (C=O) groups is 2. The third kappa shape index (κ3) is 3.73. The summed E-state index contributed by atoms with van der Waals surface area (Å²) >= 11 is 0.842. The van der Waals surface area contributed by atoms with Gasteiger partial charge in [0.2, 0.25) is 0 Å². The standard InChI is InChI=1S/C12H13FO4S/c1-2-3-9(12(16)17)18-10-6-7(11(14)15)4-5-8(10)13/h4-6,9H,2-3H2,1H3,(H,14,15)(H,16,17). The highest BCUT2D eigenvalue weighted by Gasteiger charge is 2.20. The number of carboxylic acids is 2. The Kier molecular flexibility index (Phi) is 5.15. The monoisotopic (exact) mass is 272 g/mol. The lowest BCUT2D eigenvalue weighted by Crippen LogP contribution is -2.16. The van der Waals surface area contributed by atoms with Gasteiger partial charge in [-0.1, -0.05) is 13.3 Å². The Morgan fingerprint density at radius 2 is 2.06 bits per heavy atom. The average molecular weight is 272 g/mol. The fourth-order valence-corrected chi connectivity index (χ4v) is 2.51. The number of hydrogen-bond acceptors (Lipinski definition) is 3. The molecule has 0 aromatic heterocycles. The maximum Gasteiger partial charge on any atom is 0.335 e. The quantitative estimate of drug-likeness (QED) is 0.779. The summed E-state index contributed by atoms with van der Waals surface area (Å²) in [6.07, 6.45) is 1.06. The fourth-order valence-electron chi connectivity index (χ4n) is 1.37. The molecule has 0 heterocycles. The maximum atomic E-state index is 13.5. The number of aromatic carboxylic acids is 1. The largest absolute Gasteiger partial charge is 0.480 e. The van der Waals surface area contributed by atoms with Crippen molar-refractivity contribution in [2.45, 2.75) is 29.9 Å². The smallest absolute Gasteiger partial charge is 0.335 e. The van der Waals surface area contributed by atoms with E-state index in [-0.39, 0.29) is 10.5 Å². The predicted octanol–water partition coefficient (Wildman–Crippen LogP) is 2.87. The molecule has 0 spiro atoms. The van der Waals surface area contributed by atoms with Crippen LogP contribution in [-0.4, -0.2) is 27.4 Å². The van der Waals surface area contributed by atoms with Gasteiger partial charge in [-0.05, 0) is 24.6 Å². The second-order valence-corrected chi connectivity index (χ2v) is 4.93. The van der Waals surface area contributed by atoms with Gasteiger partial charge < -0.3 is 10.2 Å². The lowest BCUT2D eigenvalue weighted by molar-refractivity contribution is -0.136. The summed E-state index contributed by atoms with van der Waals surface area (Å²) in [4.78, 5) is 21.8. The molecule has 0 saturated carbocycles. The molecule has 0 aliphatic rings. The first-order valence-corrected chi connectivity index (χ1v) is 6.26. The van der Waals surface area contributed by atoms with Crippen molar-refractivity contribution in [1.82, 2.24) is 0 Å². The summed E-state index contributed by atoms with van der Waals surface area (Å²) in [6, 6.07) is 3.35. The molecule has 2 N–H and O–H groups in total. The van der Waals surface area contributed by atoms with Gasteiger partial charge in [0, 0.05) is 4.90 Å². The topological polar surface area (TPSA) is 74.6 Å². The Morgan fingerprint density at radius 1 is 1.39 bits per heavy atom. The van der Waals surface area contributed by atoms with E-state index in [0.29, 0.717) is 12.8 Å². The zero-order chi connectivity index (χ0) is 13.7. The minimum atomic E-state index is -1.17. The molecule has 1 atom stereocenters. The van der Waals surface area contributed by atoms with Crippen LogP contribution >= 0.6 is 11.8 Å². The lowest BCUT2D eigenvalue weighted by Gasteiger charge is -2.11. The molecule has 1 aromatic carbocycles. The summed E-state index contributed by atoms with van der Waals surface area (Å²) in [5.41, 5.74) is -0.0560. The SMILES string of the molecule is CCCC(Sc1cc(C(=O)O)ccc1F)C(=O)O. The highest BCUT2D eigenvalue weighted by Crippen LogP contribution is 2.29. The number of hydrogen-bond donors (Lipinski definition) is 2. The Morgan fingerprint density at radius 3 is 2.56 bits per heavy atom. The van der Waals surface area contributed by atoms with Gasteiger partial charge in [0.05, 0.1) is 5.56 Å². The maximum absolute atomic E-state index is 13.5. The Labute approximate surface area is 108 Å². The molecule has 0 aliphatic carbocycles. The number of thioether (sulfide) groups is 1. The van der Waals surface area contributed by atoms with E-state index in [2.05, 4.69) is 0 Å². The normalized spacial score (nSPS) is 12.1. The molecule has 1 rings (SSSR count). The van der Waals surface area contributed by atoms with Crippen LogP contribution in [-0.2, 0) is 4.79 Å². The molecule has 0 aliphatic heterocycles.